The number of allylic oxidation sites excluding steroid dienone is 1. The van der Waals surface area contributed by atoms with E-state index in [9.17, 15) is 4.79 Å². The number of hydrogen-bond donors (Lipinski definition) is 1. The van der Waals surface area contributed by atoms with Gasteiger partial charge in [0, 0.05) is 0 Å². The summed E-state index contributed by atoms with van der Waals surface area (Å²) in [6, 6.07) is -0.213. The van der Waals surface area contributed by atoms with Gasteiger partial charge in [-0.1, -0.05) is 74.5 Å². The molecule has 0 aromatic heterocycles. The molecular weight excluding hydrogens is 330 g/mol. The van der Waals surface area contributed by atoms with Gasteiger partial charge >= 0.3 is 6.09 Å². The second-order valence-corrected chi connectivity index (χ2v) is 14.4. The van der Waals surface area contributed by atoms with E-state index in [1.165, 1.54) is 7.11 Å². The summed E-state index contributed by atoms with van der Waals surface area (Å²) in [4.78, 5) is 11.8. The smallest absolute Gasteiger partial charge is 0.407 e. The van der Waals surface area contributed by atoms with Crippen molar-refractivity contribution in [3.05, 3.63) is 12.2 Å². The fourth-order valence-electron chi connectivity index (χ4n) is 3.71. The highest BCUT2D eigenvalue weighted by Crippen LogP contribution is 2.43. The Morgan fingerprint density at radius 2 is 1.40 bits per heavy atom. The number of carbonyl (C=O) groups excluding carboxylic acids is 1. The van der Waals surface area contributed by atoms with E-state index < -0.39 is 14.4 Å². The quantitative estimate of drug-likeness (QED) is 0.427. The molecule has 0 aliphatic rings. The van der Waals surface area contributed by atoms with E-state index >= 15 is 0 Å². The van der Waals surface area contributed by atoms with Crippen molar-refractivity contribution in [2.75, 3.05) is 7.11 Å². The zero-order chi connectivity index (χ0) is 20.0. The summed E-state index contributed by atoms with van der Waals surface area (Å²) < 4.78 is 11.6. The number of rotatable bonds is 8. The van der Waals surface area contributed by atoms with Crippen molar-refractivity contribution in [2.24, 2.45) is 5.41 Å². The van der Waals surface area contributed by atoms with E-state index in [1.807, 2.05) is 6.08 Å². The minimum atomic E-state index is -2.02. The fraction of sp³-hybridized carbons (Fsp3) is 0.850. The van der Waals surface area contributed by atoms with Gasteiger partial charge in [-0.2, -0.15) is 0 Å². The number of alkyl carbamates (subject to hydrolysis) is 1. The van der Waals surface area contributed by atoms with Gasteiger partial charge < -0.3 is 14.5 Å². The molecule has 0 radical (unpaired) electrons. The molecule has 25 heavy (non-hydrogen) atoms. The lowest BCUT2D eigenvalue weighted by Gasteiger charge is -2.45. The molecule has 0 aliphatic heterocycles. The highest BCUT2D eigenvalue weighted by Gasteiger charge is 2.46. The molecule has 0 rings (SSSR count). The molecule has 0 fully saturated rings. The van der Waals surface area contributed by atoms with E-state index in [0.717, 1.165) is 0 Å². The molecule has 0 unspecified atom stereocenters. The molecule has 0 aliphatic carbocycles. The van der Waals surface area contributed by atoms with Gasteiger partial charge in [0.15, 0.2) is 0 Å². The summed E-state index contributed by atoms with van der Waals surface area (Å²) in [6.07, 6.45) is 3.62. The Hall–Kier alpha value is -0.813. The Morgan fingerprint density at radius 1 is 0.960 bits per heavy atom. The summed E-state index contributed by atoms with van der Waals surface area (Å²) in [7, 11) is -0.626. The Balaban J connectivity index is 5.63. The van der Waals surface area contributed by atoms with Gasteiger partial charge in [-0.3, -0.25) is 0 Å². The summed E-state index contributed by atoms with van der Waals surface area (Å²) in [5.74, 6) is 0. The molecule has 0 aromatic carbocycles. The van der Waals surface area contributed by atoms with Crippen LogP contribution in [0.4, 0.5) is 4.79 Å². The highest BCUT2D eigenvalue weighted by molar-refractivity contribution is 6.77. The van der Waals surface area contributed by atoms with E-state index in [1.54, 1.807) is 0 Å². The van der Waals surface area contributed by atoms with Gasteiger partial charge in [0.2, 0.25) is 8.32 Å². The SMILES string of the molecule is COC(=O)N[C@H](/C=C/C(C)(C)C)[C@H](C)O[Si](C(C)C)(C(C)C)C(C)C. The van der Waals surface area contributed by atoms with Gasteiger partial charge in [0.05, 0.1) is 19.3 Å². The first-order valence-electron chi connectivity index (χ1n) is 9.49. The lowest BCUT2D eigenvalue weighted by molar-refractivity contribution is 0.138. The largest absolute Gasteiger partial charge is 0.453 e. The van der Waals surface area contributed by atoms with Crippen LogP contribution in [0.15, 0.2) is 12.2 Å². The molecule has 0 aromatic rings. The van der Waals surface area contributed by atoms with Crippen molar-refractivity contribution in [1.29, 1.82) is 0 Å². The van der Waals surface area contributed by atoms with Crippen molar-refractivity contribution in [2.45, 2.75) is 98.0 Å². The summed E-state index contributed by atoms with van der Waals surface area (Å²) >= 11 is 0. The van der Waals surface area contributed by atoms with Gasteiger partial charge in [-0.25, -0.2) is 4.79 Å². The number of nitrogens with one attached hydrogen (secondary N) is 1. The van der Waals surface area contributed by atoms with Crippen molar-refractivity contribution >= 4 is 14.4 Å². The van der Waals surface area contributed by atoms with Crippen molar-refractivity contribution < 1.29 is 14.0 Å². The Labute approximate surface area is 156 Å². The summed E-state index contributed by atoms with van der Waals surface area (Å²) in [5, 5.41) is 2.93. The Kier molecular flexibility index (Phi) is 9.45. The zero-order valence-electron chi connectivity index (χ0n) is 18.3. The Morgan fingerprint density at radius 3 is 1.72 bits per heavy atom. The van der Waals surface area contributed by atoms with Gasteiger partial charge in [0.25, 0.3) is 0 Å². The third-order valence-electron chi connectivity index (χ3n) is 4.88. The molecule has 0 saturated carbocycles. The molecule has 0 bridgehead atoms. The van der Waals surface area contributed by atoms with Crippen LogP contribution >= 0.6 is 0 Å². The fourth-order valence-corrected chi connectivity index (χ4v) is 9.32. The van der Waals surface area contributed by atoms with Crippen LogP contribution in [0, 0.1) is 5.41 Å². The van der Waals surface area contributed by atoms with Crippen LogP contribution in [0.1, 0.15) is 69.2 Å². The predicted molar refractivity (Wildman–Crippen MR) is 110 cm³/mol. The van der Waals surface area contributed by atoms with Crippen molar-refractivity contribution in [3.8, 4) is 0 Å². The Bertz CT molecular complexity index is 417. The maximum absolute atomic E-state index is 11.8. The monoisotopic (exact) mass is 371 g/mol. The second kappa shape index (κ2) is 9.77. The predicted octanol–water partition coefficient (Wildman–Crippen LogP) is 5.89. The average Bonchev–Trinajstić information content (AvgIpc) is 2.46. The number of ether oxygens (including phenoxy) is 1. The molecule has 0 spiro atoms. The lowest BCUT2D eigenvalue weighted by atomic mass is 9.95. The minimum Gasteiger partial charge on any atom is -0.453 e. The third-order valence-corrected chi connectivity index (χ3v) is 11.1. The molecule has 5 heteroatoms. The van der Waals surface area contributed by atoms with Crippen LogP contribution in [-0.2, 0) is 9.16 Å². The number of hydrogen-bond acceptors (Lipinski definition) is 3. The topological polar surface area (TPSA) is 47.6 Å². The van der Waals surface area contributed by atoms with E-state index in [2.05, 4.69) is 80.6 Å². The standard InChI is InChI=1S/C20H41NO3Si/c1-14(2)25(15(3)4,16(5)6)24-17(7)18(21-19(22)23-11)12-13-20(8,9)10/h12-18H,1-11H3,(H,21,22)/b13-12+/t17-,18+/m0/s1. The molecular formula is C20H41NO3Si. The maximum Gasteiger partial charge on any atom is 0.407 e. The van der Waals surface area contributed by atoms with Gasteiger partial charge in [0.1, 0.15) is 0 Å². The zero-order valence-corrected chi connectivity index (χ0v) is 19.3. The first kappa shape index (κ1) is 24.2. The van der Waals surface area contributed by atoms with E-state index in [4.69, 9.17) is 9.16 Å². The van der Waals surface area contributed by atoms with Crippen LogP contribution in [0.25, 0.3) is 0 Å². The third kappa shape index (κ3) is 7.14. The summed E-state index contributed by atoms with van der Waals surface area (Å²) in [6.45, 7) is 22.1. The van der Waals surface area contributed by atoms with Crippen molar-refractivity contribution in [1.82, 2.24) is 5.32 Å². The number of amides is 1. The molecule has 148 valence electrons. The maximum atomic E-state index is 11.8. The van der Waals surface area contributed by atoms with Crippen LogP contribution in [-0.4, -0.2) is 33.7 Å². The van der Waals surface area contributed by atoms with Crippen LogP contribution in [0.2, 0.25) is 16.6 Å². The molecule has 2 atom stereocenters. The van der Waals surface area contributed by atoms with Crippen LogP contribution < -0.4 is 5.32 Å². The molecule has 1 amide bonds. The molecule has 0 heterocycles. The number of carbonyl (C=O) groups is 1. The molecule has 4 nitrogen and oxygen atoms in total. The average molecular weight is 372 g/mol. The second-order valence-electron chi connectivity index (χ2n) is 9.03. The molecule has 0 saturated heterocycles. The molecule has 1 N–H and O–H groups in total. The summed E-state index contributed by atoms with van der Waals surface area (Å²) in [5.41, 5.74) is 1.54. The first-order chi connectivity index (χ1) is 11.3. The number of methoxy groups -OCH3 is 1. The highest BCUT2D eigenvalue weighted by atomic mass is 28.4. The van der Waals surface area contributed by atoms with Crippen LogP contribution in [0.5, 0.6) is 0 Å². The van der Waals surface area contributed by atoms with E-state index in [0.29, 0.717) is 16.6 Å². The first-order valence-corrected chi connectivity index (χ1v) is 11.6. The van der Waals surface area contributed by atoms with E-state index in [-0.39, 0.29) is 17.6 Å². The normalized spacial score (nSPS) is 15.9. The lowest BCUT2D eigenvalue weighted by Crippen LogP contribution is -2.54. The van der Waals surface area contributed by atoms with Gasteiger partial charge in [-0.05, 0) is 29.0 Å². The van der Waals surface area contributed by atoms with Gasteiger partial charge in [-0.15, -0.1) is 0 Å². The minimum absolute atomic E-state index is 0.0401. The van der Waals surface area contributed by atoms with Crippen LogP contribution in [0.3, 0.4) is 0 Å². The van der Waals surface area contributed by atoms with Crippen molar-refractivity contribution in [3.63, 3.8) is 0 Å².